The second kappa shape index (κ2) is 4.10. The average molecular weight is 261 g/mol. The number of amides is 1. The summed E-state index contributed by atoms with van der Waals surface area (Å²) in [6, 6.07) is 7.28. The van der Waals surface area contributed by atoms with Gasteiger partial charge in [0, 0.05) is 16.0 Å². The molecule has 0 atom stereocenters. The zero-order chi connectivity index (χ0) is 12.7. The number of nitrogens with one attached hydrogen (secondary N) is 1. The first-order valence-corrected chi connectivity index (χ1v) is 6.54. The molecule has 1 aliphatic rings. The summed E-state index contributed by atoms with van der Waals surface area (Å²) in [7, 11) is 0. The van der Waals surface area contributed by atoms with Gasteiger partial charge in [-0.05, 0) is 18.9 Å². The normalized spacial score (nSPS) is 14.7. The molecule has 3 rings (SSSR count). The van der Waals surface area contributed by atoms with E-state index in [0.29, 0.717) is 10.4 Å². The number of thiophene rings is 1. The number of carboxylic acids is 1. The van der Waals surface area contributed by atoms with Crippen molar-refractivity contribution in [3.8, 4) is 0 Å². The largest absolute Gasteiger partial charge is 0.478 e. The standard InChI is InChI=1S/C13H11NO3S/c15-11(7-5-6-7)14-12-10(13(16)17)8-3-1-2-4-9(8)18-12/h1-4,7H,5-6H2,(H,14,15)(H,16,17). The Labute approximate surface area is 107 Å². The molecule has 18 heavy (non-hydrogen) atoms. The second-order valence-corrected chi connectivity index (χ2v) is 5.42. The van der Waals surface area contributed by atoms with Crippen molar-refractivity contribution in [2.24, 2.45) is 5.92 Å². The van der Waals surface area contributed by atoms with E-state index in [1.54, 1.807) is 12.1 Å². The van der Waals surface area contributed by atoms with Crippen molar-refractivity contribution >= 4 is 38.3 Å². The summed E-state index contributed by atoms with van der Waals surface area (Å²) in [4.78, 5) is 23.0. The van der Waals surface area contributed by atoms with Gasteiger partial charge in [0.15, 0.2) is 0 Å². The maximum absolute atomic E-state index is 11.7. The summed E-state index contributed by atoms with van der Waals surface area (Å²) in [6.45, 7) is 0. The molecule has 0 radical (unpaired) electrons. The fourth-order valence-electron chi connectivity index (χ4n) is 1.91. The van der Waals surface area contributed by atoms with Crippen LogP contribution in [0.3, 0.4) is 0 Å². The van der Waals surface area contributed by atoms with Gasteiger partial charge < -0.3 is 10.4 Å². The second-order valence-electron chi connectivity index (χ2n) is 4.37. The number of aromatic carboxylic acids is 1. The van der Waals surface area contributed by atoms with Crippen LogP contribution in [0.1, 0.15) is 23.2 Å². The molecule has 1 fully saturated rings. The first kappa shape index (κ1) is 11.2. The third-order valence-corrected chi connectivity index (χ3v) is 4.08. The summed E-state index contributed by atoms with van der Waals surface area (Å²) >= 11 is 1.31. The van der Waals surface area contributed by atoms with E-state index in [2.05, 4.69) is 5.32 Å². The molecule has 0 spiro atoms. The zero-order valence-corrected chi connectivity index (χ0v) is 10.3. The number of rotatable bonds is 3. The van der Waals surface area contributed by atoms with Gasteiger partial charge in [-0.25, -0.2) is 4.79 Å². The van der Waals surface area contributed by atoms with Gasteiger partial charge in [-0.15, -0.1) is 11.3 Å². The lowest BCUT2D eigenvalue weighted by molar-refractivity contribution is -0.117. The predicted molar refractivity (Wildman–Crippen MR) is 70.1 cm³/mol. The number of benzene rings is 1. The van der Waals surface area contributed by atoms with E-state index in [4.69, 9.17) is 0 Å². The van der Waals surface area contributed by atoms with Crippen LogP contribution in [0.5, 0.6) is 0 Å². The van der Waals surface area contributed by atoms with Gasteiger partial charge in [0.05, 0.1) is 0 Å². The highest BCUT2D eigenvalue weighted by atomic mass is 32.1. The average Bonchev–Trinajstić information content (AvgIpc) is 3.10. The van der Waals surface area contributed by atoms with Crippen LogP contribution in [0.4, 0.5) is 5.00 Å². The lowest BCUT2D eigenvalue weighted by Gasteiger charge is -2.02. The number of carbonyl (C=O) groups is 2. The van der Waals surface area contributed by atoms with E-state index >= 15 is 0 Å². The van der Waals surface area contributed by atoms with Crippen molar-refractivity contribution in [1.82, 2.24) is 0 Å². The quantitative estimate of drug-likeness (QED) is 0.892. The molecule has 1 amide bonds. The molecule has 2 aromatic rings. The fraction of sp³-hybridized carbons (Fsp3) is 0.231. The Morgan fingerprint density at radius 2 is 2.00 bits per heavy atom. The van der Waals surface area contributed by atoms with E-state index in [9.17, 15) is 14.7 Å². The van der Waals surface area contributed by atoms with Crippen LogP contribution in [0.25, 0.3) is 10.1 Å². The Morgan fingerprint density at radius 3 is 2.67 bits per heavy atom. The van der Waals surface area contributed by atoms with Crippen molar-refractivity contribution in [3.05, 3.63) is 29.8 Å². The zero-order valence-electron chi connectivity index (χ0n) is 9.47. The lowest BCUT2D eigenvalue weighted by atomic mass is 10.1. The molecule has 1 saturated carbocycles. The maximum Gasteiger partial charge on any atom is 0.339 e. The third kappa shape index (κ3) is 1.86. The van der Waals surface area contributed by atoms with E-state index < -0.39 is 5.97 Å². The molecule has 1 heterocycles. The molecular weight excluding hydrogens is 250 g/mol. The molecule has 92 valence electrons. The summed E-state index contributed by atoms with van der Waals surface area (Å²) < 4.78 is 0.876. The molecule has 1 aromatic heterocycles. The summed E-state index contributed by atoms with van der Waals surface area (Å²) in [6.07, 6.45) is 1.80. The van der Waals surface area contributed by atoms with Crippen LogP contribution < -0.4 is 5.32 Å². The van der Waals surface area contributed by atoms with Crippen LogP contribution in [-0.4, -0.2) is 17.0 Å². The van der Waals surface area contributed by atoms with Gasteiger partial charge in [-0.3, -0.25) is 4.79 Å². The van der Waals surface area contributed by atoms with Crippen LogP contribution in [0.2, 0.25) is 0 Å². The van der Waals surface area contributed by atoms with Gasteiger partial charge >= 0.3 is 5.97 Å². The molecule has 0 bridgehead atoms. The minimum absolute atomic E-state index is 0.0657. The van der Waals surface area contributed by atoms with Crippen molar-refractivity contribution in [2.45, 2.75) is 12.8 Å². The molecule has 1 aromatic carbocycles. The molecule has 2 N–H and O–H groups in total. The van der Waals surface area contributed by atoms with Crippen molar-refractivity contribution in [3.63, 3.8) is 0 Å². The SMILES string of the molecule is O=C(O)c1c(NC(=O)C2CC2)sc2ccccc12. The van der Waals surface area contributed by atoms with Crippen molar-refractivity contribution in [1.29, 1.82) is 0 Å². The summed E-state index contributed by atoms with van der Waals surface area (Å²) in [5.74, 6) is -1.00. The van der Waals surface area contributed by atoms with E-state index in [1.165, 1.54) is 11.3 Å². The number of hydrogen-bond donors (Lipinski definition) is 2. The first-order chi connectivity index (χ1) is 8.66. The Morgan fingerprint density at radius 1 is 1.28 bits per heavy atom. The van der Waals surface area contributed by atoms with Crippen LogP contribution >= 0.6 is 11.3 Å². The smallest absolute Gasteiger partial charge is 0.339 e. The highest BCUT2D eigenvalue weighted by molar-refractivity contribution is 7.23. The monoisotopic (exact) mass is 261 g/mol. The molecule has 5 heteroatoms. The third-order valence-electron chi connectivity index (χ3n) is 2.99. The molecular formula is C13H11NO3S. The van der Waals surface area contributed by atoms with Gasteiger partial charge in [0.1, 0.15) is 10.6 Å². The van der Waals surface area contributed by atoms with E-state index in [-0.39, 0.29) is 17.4 Å². The van der Waals surface area contributed by atoms with Gasteiger partial charge in [-0.1, -0.05) is 18.2 Å². The van der Waals surface area contributed by atoms with Crippen molar-refractivity contribution < 1.29 is 14.7 Å². The van der Waals surface area contributed by atoms with Crippen molar-refractivity contribution in [2.75, 3.05) is 5.32 Å². The molecule has 1 aliphatic carbocycles. The Hall–Kier alpha value is -1.88. The Balaban J connectivity index is 2.06. The molecule has 4 nitrogen and oxygen atoms in total. The highest BCUT2D eigenvalue weighted by Gasteiger charge is 2.31. The topological polar surface area (TPSA) is 66.4 Å². The number of carboxylic acid groups (broad SMARTS) is 1. The molecule has 0 unspecified atom stereocenters. The first-order valence-electron chi connectivity index (χ1n) is 5.72. The van der Waals surface area contributed by atoms with Gasteiger partial charge in [0.25, 0.3) is 0 Å². The number of fused-ring (bicyclic) bond motifs is 1. The summed E-state index contributed by atoms with van der Waals surface area (Å²) in [5.41, 5.74) is 0.199. The van der Waals surface area contributed by atoms with Crippen LogP contribution in [0, 0.1) is 5.92 Å². The lowest BCUT2D eigenvalue weighted by Crippen LogP contribution is -2.14. The Bertz CT molecular complexity index is 643. The molecule has 0 saturated heterocycles. The Kier molecular flexibility index (Phi) is 2.56. The predicted octanol–water partition coefficient (Wildman–Crippen LogP) is 2.95. The maximum atomic E-state index is 11.7. The number of hydrogen-bond acceptors (Lipinski definition) is 3. The minimum atomic E-state index is -1.00. The summed E-state index contributed by atoms with van der Waals surface area (Å²) in [5, 5.41) is 13.1. The highest BCUT2D eigenvalue weighted by Crippen LogP contribution is 2.37. The van der Waals surface area contributed by atoms with Gasteiger partial charge in [-0.2, -0.15) is 0 Å². The van der Waals surface area contributed by atoms with Crippen LogP contribution in [0.15, 0.2) is 24.3 Å². The molecule has 0 aliphatic heterocycles. The van der Waals surface area contributed by atoms with Gasteiger partial charge in [0.2, 0.25) is 5.91 Å². The number of anilines is 1. The number of carbonyl (C=O) groups excluding carboxylic acids is 1. The fourth-order valence-corrected chi connectivity index (χ4v) is 3.00. The van der Waals surface area contributed by atoms with E-state index in [0.717, 1.165) is 17.5 Å². The minimum Gasteiger partial charge on any atom is -0.478 e. The van der Waals surface area contributed by atoms with E-state index in [1.807, 2.05) is 12.1 Å². The van der Waals surface area contributed by atoms with Crippen LogP contribution in [-0.2, 0) is 4.79 Å².